The topological polar surface area (TPSA) is 59.0 Å². The molecule has 4 fully saturated rings. The number of rotatable bonds is 4. The van der Waals surface area contributed by atoms with E-state index in [1.807, 2.05) is 22.9 Å². The molecule has 4 aliphatic rings. The normalized spacial score (nSPS) is 32.6. The SMILES string of the molecule is CN1[C@@H]2C[C@@H]3C[C@H]1[C@@H](O3)[C@@H]2OC(=O)C(O)(c1cccs1)c1cccs1.Cl. The summed E-state index contributed by atoms with van der Waals surface area (Å²) >= 11 is 2.72. The number of likely N-dealkylation sites (N-methyl/N-ethyl adjacent to an activating group) is 1. The second-order valence-corrected chi connectivity index (χ2v) is 8.92. The van der Waals surface area contributed by atoms with Crippen molar-refractivity contribution >= 4 is 41.0 Å². The molecule has 2 aromatic rings. The van der Waals surface area contributed by atoms with Crippen LogP contribution in [0.25, 0.3) is 0 Å². The van der Waals surface area contributed by atoms with Gasteiger partial charge in [0.1, 0.15) is 12.2 Å². The molecule has 140 valence electrons. The van der Waals surface area contributed by atoms with Crippen molar-refractivity contribution in [2.24, 2.45) is 0 Å². The average molecular weight is 414 g/mol. The van der Waals surface area contributed by atoms with Crippen LogP contribution in [-0.2, 0) is 19.9 Å². The number of carbonyl (C=O) groups is 1. The molecule has 4 bridgehead atoms. The Kier molecular flexibility index (Phi) is 4.66. The molecule has 5 atom stereocenters. The standard InChI is InChI=1S/C18H19NO4S2.ClH/c1-19-11-8-10-9-12(19)16(15(11)22-10)23-17(20)18(21,13-4-2-6-24-13)14-5-3-7-25-14;/h2-7,10-12,15-16,21H,8-9H2,1H3;1H/t10-,11-,12+,15+,16+;/m0./s1. The summed E-state index contributed by atoms with van der Waals surface area (Å²) in [6.07, 6.45) is 1.80. The molecule has 4 saturated heterocycles. The first-order valence-electron chi connectivity index (χ1n) is 8.48. The summed E-state index contributed by atoms with van der Waals surface area (Å²) in [5, 5.41) is 15.1. The Bertz CT molecular complexity index is 745. The van der Waals surface area contributed by atoms with E-state index in [9.17, 15) is 9.90 Å². The molecule has 2 aromatic heterocycles. The lowest BCUT2D eigenvalue weighted by molar-refractivity contribution is -0.180. The largest absolute Gasteiger partial charge is 0.455 e. The number of esters is 1. The van der Waals surface area contributed by atoms with Crippen LogP contribution in [0.1, 0.15) is 22.6 Å². The molecule has 0 aliphatic carbocycles. The van der Waals surface area contributed by atoms with Crippen molar-refractivity contribution in [3.63, 3.8) is 0 Å². The second kappa shape index (κ2) is 6.58. The Morgan fingerprint density at radius 1 is 1.23 bits per heavy atom. The third kappa shape index (κ3) is 2.49. The second-order valence-electron chi connectivity index (χ2n) is 7.03. The van der Waals surface area contributed by atoms with Gasteiger partial charge in [-0.3, -0.25) is 4.90 Å². The molecule has 0 unspecified atom stereocenters. The van der Waals surface area contributed by atoms with Crippen molar-refractivity contribution in [2.75, 3.05) is 7.05 Å². The number of thiophene rings is 2. The van der Waals surface area contributed by atoms with E-state index in [4.69, 9.17) is 9.47 Å². The van der Waals surface area contributed by atoms with Gasteiger partial charge < -0.3 is 14.6 Å². The molecule has 6 rings (SSSR count). The summed E-state index contributed by atoms with van der Waals surface area (Å²) in [5.74, 6) is -0.601. The Balaban J connectivity index is 0.00000168. The summed E-state index contributed by atoms with van der Waals surface area (Å²) in [4.78, 5) is 16.6. The fourth-order valence-electron chi connectivity index (χ4n) is 4.53. The van der Waals surface area contributed by atoms with Crippen LogP contribution in [0.3, 0.4) is 0 Å². The van der Waals surface area contributed by atoms with E-state index < -0.39 is 11.6 Å². The van der Waals surface area contributed by atoms with Crippen LogP contribution >= 0.6 is 35.1 Å². The number of hydrogen-bond donors (Lipinski definition) is 1. The quantitative estimate of drug-likeness (QED) is 0.781. The third-order valence-corrected chi connectivity index (χ3v) is 7.74. The summed E-state index contributed by atoms with van der Waals surface area (Å²) in [6, 6.07) is 7.73. The number of nitrogens with zero attached hydrogens (tertiary/aromatic N) is 1. The minimum absolute atomic E-state index is 0. The lowest BCUT2D eigenvalue weighted by Crippen LogP contribution is -2.49. The Morgan fingerprint density at radius 3 is 2.38 bits per heavy atom. The molecule has 0 spiro atoms. The van der Waals surface area contributed by atoms with Gasteiger partial charge in [-0.25, -0.2) is 4.79 Å². The Morgan fingerprint density at radius 2 is 1.85 bits per heavy atom. The highest BCUT2D eigenvalue weighted by atomic mass is 35.5. The lowest BCUT2D eigenvalue weighted by Gasteiger charge is -2.36. The van der Waals surface area contributed by atoms with Gasteiger partial charge in [0.15, 0.2) is 0 Å². The van der Waals surface area contributed by atoms with E-state index in [1.54, 1.807) is 12.1 Å². The minimum Gasteiger partial charge on any atom is -0.455 e. The molecule has 0 saturated carbocycles. The lowest BCUT2D eigenvalue weighted by atomic mass is 9.98. The molecule has 1 N–H and O–H groups in total. The summed E-state index contributed by atoms with van der Waals surface area (Å²) in [6.45, 7) is 0. The van der Waals surface area contributed by atoms with E-state index in [-0.39, 0.29) is 30.7 Å². The van der Waals surface area contributed by atoms with Crippen LogP contribution in [0.5, 0.6) is 0 Å². The molecule has 4 aliphatic heterocycles. The highest BCUT2D eigenvalue weighted by Crippen LogP contribution is 2.47. The van der Waals surface area contributed by atoms with Crippen molar-refractivity contribution in [1.29, 1.82) is 0 Å². The van der Waals surface area contributed by atoms with Gasteiger partial charge in [-0.2, -0.15) is 0 Å². The van der Waals surface area contributed by atoms with Gasteiger partial charge >= 0.3 is 5.97 Å². The Labute approximate surface area is 165 Å². The van der Waals surface area contributed by atoms with Crippen LogP contribution in [0.4, 0.5) is 0 Å². The maximum Gasteiger partial charge on any atom is 0.349 e. The zero-order chi connectivity index (χ0) is 17.2. The van der Waals surface area contributed by atoms with Gasteiger partial charge in [0.05, 0.1) is 21.9 Å². The van der Waals surface area contributed by atoms with E-state index in [0.29, 0.717) is 21.9 Å². The van der Waals surface area contributed by atoms with Crippen LogP contribution in [0.2, 0.25) is 0 Å². The molecule has 6 heterocycles. The zero-order valence-electron chi connectivity index (χ0n) is 14.1. The number of carbonyl (C=O) groups excluding carboxylic acids is 1. The van der Waals surface area contributed by atoms with Crippen molar-refractivity contribution < 1.29 is 19.4 Å². The highest BCUT2D eigenvalue weighted by Gasteiger charge is 2.61. The van der Waals surface area contributed by atoms with Gasteiger partial charge in [-0.15, -0.1) is 35.1 Å². The van der Waals surface area contributed by atoms with Crippen molar-refractivity contribution in [3.05, 3.63) is 44.8 Å². The molecule has 26 heavy (non-hydrogen) atoms. The van der Waals surface area contributed by atoms with Crippen LogP contribution in [0.15, 0.2) is 35.0 Å². The fourth-order valence-corrected chi connectivity index (χ4v) is 6.24. The minimum atomic E-state index is -1.75. The van der Waals surface area contributed by atoms with E-state index in [1.165, 1.54) is 22.7 Å². The smallest absolute Gasteiger partial charge is 0.349 e. The molecule has 0 aromatic carbocycles. The van der Waals surface area contributed by atoms with Crippen LogP contribution < -0.4 is 0 Å². The van der Waals surface area contributed by atoms with Crippen molar-refractivity contribution in [2.45, 2.75) is 48.8 Å². The molecular formula is C18H20ClNO4S2. The van der Waals surface area contributed by atoms with E-state index >= 15 is 0 Å². The van der Waals surface area contributed by atoms with Gasteiger partial charge in [-0.1, -0.05) is 12.1 Å². The van der Waals surface area contributed by atoms with E-state index in [2.05, 4.69) is 11.9 Å². The molecular weight excluding hydrogens is 394 g/mol. The highest BCUT2D eigenvalue weighted by molar-refractivity contribution is 7.12. The number of aliphatic hydroxyl groups is 1. The maximum absolute atomic E-state index is 13.1. The van der Waals surface area contributed by atoms with Gasteiger partial charge in [0.2, 0.25) is 5.60 Å². The van der Waals surface area contributed by atoms with Crippen LogP contribution in [-0.4, -0.2) is 53.4 Å². The first kappa shape index (κ1) is 18.4. The monoisotopic (exact) mass is 413 g/mol. The predicted molar refractivity (Wildman–Crippen MR) is 102 cm³/mol. The molecule has 0 amide bonds. The summed E-state index contributed by atoms with van der Waals surface area (Å²) in [7, 11) is 2.08. The first-order valence-corrected chi connectivity index (χ1v) is 10.2. The van der Waals surface area contributed by atoms with Crippen molar-refractivity contribution in [1.82, 2.24) is 4.90 Å². The Hall–Kier alpha value is -0.960. The van der Waals surface area contributed by atoms with Gasteiger partial charge in [0.25, 0.3) is 0 Å². The average Bonchev–Trinajstić information content (AvgIpc) is 3.38. The zero-order valence-corrected chi connectivity index (χ0v) is 16.6. The maximum atomic E-state index is 13.1. The number of hydrogen-bond acceptors (Lipinski definition) is 7. The molecule has 5 nitrogen and oxygen atoms in total. The molecule has 0 radical (unpaired) electrons. The summed E-state index contributed by atoms with van der Waals surface area (Å²) in [5.41, 5.74) is -1.75. The third-order valence-electron chi connectivity index (χ3n) is 5.78. The van der Waals surface area contributed by atoms with Crippen LogP contribution in [0, 0.1) is 0 Å². The summed E-state index contributed by atoms with van der Waals surface area (Å²) < 4.78 is 12.0. The van der Waals surface area contributed by atoms with Gasteiger partial charge in [-0.05, 0) is 42.8 Å². The fraction of sp³-hybridized carbons (Fsp3) is 0.500. The number of halogens is 1. The first-order chi connectivity index (χ1) is 12.1. The number of ether oxygens (including phenoxy) is 2. The number of piperidine rings is 1. The van der Waals surface area contributed by atoms with Gasteiger partial charge in [0, 0.05) is 6.04 Å². The molecule has 8 heteroatoms. The van der Waals surface area contributed by atoms with Crippen molar-refractivity contribution in [3.8, 4) is 0 Å². The van der Waals surface area contributed by atoms with E-state index in [0.717, 1.165) is 12.8 Å². The predicted octanol–water partition coefficient (Wildman–Crippen LogP) is 2.62.